The predicted octanol–water partition coefficient (Wildman–Crippen LogP) is 3.08. The van der Waals surface area contributed by atoms with E-state index in [0.717, 1.165) is 36.8 Å². The molecule has 0 spiro atoms. The van der Waals surface area contributed by atoms with Crippen LogP contribution in [0.4, 0.5) is 0 Å². The Hall–Kier alpha value is -1.64. The number of carbonyl (C=O) groups excluding carboxylic acids is 1. The van der Waals surface area contributed by atoms with Crippen LogP contribution in [-0.4, -0.2) is 16.9 Å². The summed E-state index contributed by atoms with van der Waals surface area (Å²) in [4.78, 5) is 22.6. The molecule has 0 amide bonds. The molecule has 1 aliphatic carbocycles. The maximum Gasteiger partial charge on any atom is 0.303 e. The molecule has 1 fully saturated rings. The number of carboxylic acid groups (broad SMARTS) is 1. The first-order valence-corrected chi connectivity index (χ1v) is 6.52. The second-order valence-corrected chi connectivity index (χ2v) is 4.94. The van der Waals surface area contributed by atoms with Gasteiger partial charge in [0.05, 0.1) is 0 Å². The minimum Gasteiger partial charge on any atom is -0.481 e. The number of hydrogen-bond acceptors (Lipinski definition) is 2. The molecule has 3 nitrogen and oxygen atoms in total. The van der Waals surface area contributed by atoms with Crippen molar-refractivity contribution >= 4 is 11.8 Å². The Morgan fingerprint density at radius 2 is 1.72 bits per heavy atom. The molecule has 0 unspecified atom stereocenters. The van der Waals surface area contributed by atoms with Crippen molar-refractivity contribution in [2.75, 3.05) is 0 Å². The van der Waals surface area contributed by atoms with E-state index in [9.17, 15) is 9.59 Å². The first kappa shape index (κ1) is 12.8. The summed E-state index contributed by atoms with van der Waals surface area (Å²) < 4.78 is 0. The number of rotatable bonds is 5. The van der Waals surface area contributed by atoms with Gasteiger partial charge in [-0.05, 0) is 24.8 Å². The van der Waals surface area contributed by atoms with Crippen LogP contribution < -0.4 is 0 Å². The number of hydrogen-bond donors (Lipinski definition) is 1. The second-order valence-electron chi connectivity index (χ2n) is 4.94. The fourth-order valence-electron chi connectivity index (χ4n) is 2.51. The number of aryl methyl sites for hydroxylation is 1. The van der Waals surface area contributed by atoms with Crippen LogP contribution in [0.15, 0.2) is 24.3 Å². The van der Waals surface area contributed by atoms with Crippen molar-refractivity contribution in [2.45, 2.75) is 38.5 Å². The van der Waals surface area contributed by atoms with Crippen LogP contribution in [0.2, 0.25) is 0 Å². The monoisotopic (exact) mass is 246 g/mol. The number of benzene rings is 1. The highest BCUT2D eigenvalue weighted by atomic mass is 16.4. The van der Waals surface area contributed by atoms with Crippen LogP contribution in [-0.2, 0) is 11.2 Å². The second kappa shape index (κ2) is 5.80. The lowest BCUT2D eigenvalue weighted by Gasteiger charge is -2.08. The molecule has 18 heavy (non-hydrogen) atoms. The van der Waals surface area contributed by atoms with Crippen molar-refractivity contribution in [3.63, 3.8) is 0 Å². The van der Waals surface area contributed by atoms with E-state index in [1.54, 1.807) is 0 Å². The van der Waals surface area contributed by atoms with E-state index in [1.165, 1.54) is 0 Å². The molecular weight excluding hydrogens is 228 g/mol. The van der Waals surface area contributed by atoms with Crippen LogP contribution >= 0.6 is 0 Å². The molecule has 0 bridgehead atoms. The Morgan fingerprint density at radius 1 is 1.11 bits per heavy atom. The van der Waals surface area contributed by atoms with Crippen molar-refractivity contribution < 1.29 is 14.7 Å². The summed E-state index contributed by atoms with van der Waals surface area (Å²) in [6.07, 6.45) is 5.00. The molecule has 1 aromatic rings. The smallest absolute Gasteiger partial charge is 0.303 e. The lowest BCUT2D eigenvalue weighted by atomic mass is 9.95. The van der Waals surface area contributed by atoms with Gasteiger partial charge in [-0.25, -0.2) is 0 Å². The highest BCUT2D eigenvalue weighted by molar-refractivity contribution is 5.98. The van der Waals surface area contributed by atoms with Crippen molar-refractivity contribution in [2.24, 2.45) is 5.92 Å². The predicted molar refractivity (Wildman–Crippen MR) is 68.7 cm³/mol. The highest BCUT2D eigenvalue weighted by Crippen LogP contribution is 2.28. The van der Waals surface area contributed by atoms with Crippen molar-refractivity contribution in [1.29, 1.82) is 0 Å². The molecule has 1 aromatic carbocycles. The van der Waals surface area contributed by atoms with Crippen LogP contribution in [0.1, 0.15) is 48.0 Å². The zero-order valence-electron chi connectivity index (χ0n) is 10.4. The summed E-state index contributed by atoms with van der Waals surface area (Å²) in [6, 6.07) is 7.39. The average Bonchev–Trinajstić information content (AvgIpc) is 2.90. The lowest BCUT2D eigenvalue weighted by Crippen LogP contribution is -2.10. The van der Waals surface area contributed by atoms with E-state index in [4.69, 9.17) is 5.11 Å². The number of Topliss-reactive ketones (excluding diaryl/α,β-unsaturated/α-hetero) is 1. The molecule has 96 valence electrons. The van der Waals surface area contributed by atoms with E-state index in [1.807, 2.05) is 24.3 Å². The molecule has 2 rings (SSSR count). The van der Waals surface area contributed by atoms with Gasteiger partial charge in [-0.15, -0.1) is 0 Å². The summed E-state index contributed by atoms with van der Waals surface area (Å²) in [6.45, 7) is 0. The summed E-state index contributed by atoms with van der Waals surface area (Å²) in [7, 11) is 0. The van der Waals surface area contributed by atoms with E-state index >= 15 is 0 Å². The fourth-order valence-corrected chi connectivity index (χ4v) is 2.51. The molecule has 0 heterocycles. The molecule has 0 atom stereocenters. The Morgan fingerprint density at radius 3 is 2.28 bits per heavy atom. The summed E-state index contributed by atoms with van der Waals surface area (Å²) >= 11 is 0. The SMILES string of the molecule is O=C(O)CCc1ccc(C(=O)C2CCCC2)cc1. The molecule has 1 saturated carbocycles. The van der Waals surface area contributed by atoms with Gasteiger partial charge in [-0.2, -0.15) is 0 Å². The molecule has 0 aliphatic heterocycles. The fraction of sp³-hybridized carbons (Fsp3) is 0.467. The van der Waals surface area contributed by atoms with Gasteiger partial charge in [0.2, 0.25) is 0 Å². The highest BCUT2D eigenvalue weighted by Gasteiger charge is 2.23. The Labute approximate surface area is 107 Å². The van der Waals surface area contributed by atoms with E-state index in [2.05, 4.69) is 0 Å². The van der Waals surface area contributed by atoms with Gasteiger partial charge < -0.3 is 5.11 Å². The topological polar surface area (TPSA) is 54.4 Å². The molecular formula is C15H18O3. The van der Waals surface area contributed by atoms with Crippen molar-refractivity contribution in [3.05, 3.63) is 35.4 Å². The van der Waals surface area contributed by atoms with Crippen LogP contribution in [0.5, 0.6) is 0 Å². The molecule has 3 heteroatoms. The number of carbonyl (C=O) groups is 2. The Bertz CT molecular complexity index is 428. The zero-order chi connectivity index (χ0) is 13.0. The van der Waals surface area contributed by atoms with Gasteiger partial charge in [-0.1, -0.05) is 37.1 Å². The third kappa shape index (κ3) is 3.19. The van der Waals surface area contributed by atoms with E-state index < -0.39 is 5.97 Å². The Balaban J connectivity index is 1.98. The van der Waals surface area contributed by atoms with Gasteiger partial charge >= 0.3 is 5.97 Å². The van der Waals surface area contributed by atoms with Crippen LogP contribution in [0, 0.1) is 5.92 Å². The maximum absolute atomic E-state index is 12.1. The van der Waals surface area contributed by atoms with Gasteiger partial charge in [0.25, 0.3) is 0 Å². The van der Waals surface area contributed by atoms with E-state index in [0.29, 0.717) is 6.42 Å². The largest absolute Gasteiger partial charge is 0.481 e. The van der Waals surface area contributed by atoms with Gasteiger partial charge in [0.15, 0.2) is 5.78 Å². The first-order valence-electron chi connectivity index (χ1n) is 6.52. The molecule has 1 aliphatic rings. The van der Waals surface area contributed by atoms with Crippen molar-refractivity contribution in [3.8, 4) is 0 Å². The number of aliphatic carboxylic acids is 1. The standard InChI is InChI=1S/C15H18O3/c16-14(17)10-7-11-5-8-13(9-6-11)15(18)12-3-1-2-4-12/h5-6,8-9,12H,1-4,7,10H2,(H,16,17). The van der Waals surface area contributed by atoms with E-state index in [-0.39, 0.29) is 18.1 Å². The third-order valence-corrected chi connectivity index (χ3v) is 3.59. The zero-order valence-corrected chi connectivity index (χ0v) is 10.4. The minimum atomic E-state index is -0.791. The minimum absolute atomic E-state index is 0.135. The van der Waals surface area contributed by atoms with Gasteiger partial charge in [-0.3, -0.25) is 9.59 Å². The average molecular weight is 246 g/mol. The molecule has 1 N–H and O–H groups in total. The number of carboxylic acids is 1. The van der Waals surface area contributed by atoms with Crippen LogP contribution in [0.3, 0.4) is 0 Å². The first-order chi connectivity index (χ1) is 8.66. The lowest BCUT2D eigenvalue weighted by molar-refractivity contribution is -0.136. The summed E-state index contributed by atoms with van der Waals surface area (Å²) in [5.74, 6) is -0.340. The van der Waals surface area contributed by atoms with Crippen LogP contribution in [0.25, 0.3) is 0 Å². The normalized spacial score (nSPS) is 15.8. The summed E-state index contributed by atoms with van der Waals surface area (Å²) in [5, 5.41) is 8.61. The number of ketones is 1. The molecule has 0 radical (unpaired) electrons. The maximum atomic E-state index is 12.1. The van der Waals surface area contributed by atoms with Crippen molar-refractivity contribution in [1.82, 2.24) is 0 Å². The summed E-state index contributed by atoms with van der Waals surface area (Å²) in [5.41, 5.74) is 1.74. The Kier molecular flexibility index (Phi) is 4.13. The van der Waals surface area contributed by atoms with Gasteiger partial charge in [0.1, 0.15) is 0 Å². The van der Waals surface area contributed by atoms with Gasteiger partial charge in [0, 0.05) is 17.9 Å². The molecule has 0 aromatic heterocycles. The molecule has 0 saturated heterocycles. The quantitative estimate of drug-likeness (QED) is 0.812. The third-order valence-electron chi connectivity index (χ3n) is 3.59.